The molecule has 1 aromatic carbocycles. The fraction of sp³-hybridized carbons (Fsp3) is 0.111. The van der Waals surface area contributed by atoms with Crippen molar-refractivity contribution in [1.82, 2.24) is 0 Å². The molecule has 5 heteroatoms. The summed E-state index contributed by atoms with van der Waals surface area (Å²) in [6.45, 7) is 3.44. The van der Waals surface area contributed by atoms with Gasteiger partial charge < -0.3 is 10.8 Å². The summed E-state index contributed by atoms with van der Waals surface area (Å²) in [7, 11) is 0. The maximum absolute atomic E-state index is 12.8. The Morgan fingerprint density at radius 1 is 1.57 bits per heavy atom. The Balaban J connectivity index is 0.00000169. The first-order chi connectivity index (χ1) is 6.06. The van der Waals surface area contributed by atoms with Gasteiger partial charge in [0.25, 0.3) is 0 Å². The van der Waals surface area contributed by atoms with Crippen molar-refractivity contribution >= 4 is 24.0 Å². The monoisotopic (exact) mass is 237 g/mol. The molecular weight excluding hydrogens is 228 g/mol. The normalized spacial score (nSPS) is 11.6. The van der Waals surface area contributed by atoms with Gasteiger partial charge in [-0.25, -0.2) is 4.39 Å². The molecule has 2 nitrogen and oxygen atoms in total. The lowest BCUT2D eigenvalue weighted by molar-refractivity contribution is 0.463. The van der Waals surface area contributed by atoms with Crippen molar-refractivity contribution < 1.29 is 9.50 Å². The van der Waals surface area contributed by atoms with Gasteiger partial charge in [-0.1, -0.05) is 17.7 Å². The highest BCUT2D eigenvalue weighted by Gasteiger charge is 2.12. The topological polar surface area (TPSA) is 46.2 Å². The van der Waals surface area contributed by atoms with Gasteiger partial charge in [0.1, 0.15) is 11.6 Å². The van der Waals surface area contributed by atoms with E-state index in [9.17, 15) is 9.50 Å². The third-order valence-corrected chi connectivity index (χ3v) is 1.96. The molecule has 0 unspecified atom stereocenters. The molecule has 0 radical (unpaired) electrons. The SMILES string of the molecule is C=C[C@@H](N)c1cc(F)cc(Cl)c1O.Cl. The van der Waals surface area contributed by atoms with E-state index < -0.39 is 11.9 Å². The van der Waals surface area contributed by atoms with E-state index in [0.29, 0.717) is 0 Å². The van der Waals surface area contributed by atoms with E-state index in [-0.39, 0.29) is 28.7 Å². The second-order valence-corrected chi connectivity index (χ2v) is 2.99. The van der Waals surface area contributed by atoms with Gasteiger partial charge in [0.15, 0.2) is 0 Å². The van der Waals surface area contributed by atoms with E-state index >= 15 is 0 Å². The molecule has 0 heterocycles. The summed E-state index contributed by atoms with van der Waals surface area (Å²) in [6.07, 6.45) is 1.39. The Kier molecular flexibility index (Phi) is 4.91. The highest BCUT2D eigenvalue weighted by molar-refractivity contribution is 6.32. The van der Waals surface area contributed by atoms with Crippen molar-refractivity contribution in [3.05, 3.63) is 41.2 Å². The Morgan fingerprint density at radius 3 is 2.64 bits per heavy atom. The van der Waals surface area contributed by atoms with Gasteiger partial charge in [-0.05, 0) is 12.1 Å². The van der Waals surface area contributed by atoms with E-state index in [2.05, 4.69) is 6.58 Å². The first kappa shape index (κ1) is 13.2. The van der Waals surface area contributed by atoms with E-state index in [0.717, 1.165) is 12.1 Å². The molecular formula is C9H10Cl2FNO. The Morgan fingerprint density at radius 2 is 2.14 bits per heavy atom. The van der Waals surface area contributed by atoms with Gasteiger partial charge in [-0.2, -0.15) is 0 Å². The van der Waals surface area contributed by atoms with Crippen LogP contribution < -0.4 is 5.73 Å². The molecule has 1 aromatic rings. The largest absolute Gasteiger partial charge is 0.506 e. The Labute approximate surface area is 92.6 Å². The molecule has 0 amide bonds. The molecule has 0 aromatic heterocycles. The molecule has 0 fully saturated rings. The van der Waals surface area contributed by atoms with Gasteiger partial charge in [0, 0.05) is 5.56 Å². The van der Waals surface area contributed by atoms with Crippen LogP contribution in [0.25, 0.3) is 0 Å². The zero-order valence-electron chi connectivity index (χ0n) is 7.21. The molecule has 0 aliphatic carbocycles. The van der Waals surface area contributed by atoms with Crippen LogP contribution in [0.5, 0.6) is 5.75 Å². The lowest BCUT2D eigenvalue weighted by Gasteiger charge is -2.10. The lowest BCUT2D eigenvalue weighted by atomic mass is 10.1. The van der Waals surface area contributed by atoms with Gasteiger partial charge in [-0.3, -0.25) is 0 Å². The Bertz CT molecular complexity index is 344. The van der Waals surface area contributed by atoms with Crippen LogP contribution in [0.1, 0.15) is 11.6 Å². The van der Waals surface area contributed by atoms with Crippen molar-refractivity contribution in [2.45, 2.75) is 6.04 Å². The third kappa shape index (κ3) is 2.61. The maximum atomic E-state index is 12.8. The zero-order valence-corrected chi connectivity index (χ0v) is 8.78. The quantitative estimate of drug-likeness (QED) is 0.778. The van der Waals surface area contributed by atoms with Gasteiger partial charge in [0.2, 0.25) is 0 Å². The lowest BCUT2D eigenvalue weighted by Crippen LogP contribution is -2.07. The molecule has 0 aliphatic rings. The number of halogens is 3. The number of nitrogens with two attached hydrogens (primary N) is 1. The van der Waals surface area contributed by atoms with Crippen molar-refractivity contribution in [2.24, 2.45) is 5.73 Å². The van der Waals surface area contributed by atoms with E-state index in [1.807, 2.05) is 0 Å². The zero-order chi connectivity index (χ0) is 10.0. The highest BCUT2D eigenvalue weighted by atomic mass is 35.5. The van der Waals surface area contributed by atoms with Crippen molar-refractivity contribution in [3.63, 3.8) is 0 Å². The molecule has 0 spiro atoms. The van der Waals surface area contributed by atoms with Crippen LogP contribution in [0.15, 0.2) is 24.8 Å². The average Bonchev–Trinajstić information content (AvgIpc) is 2.10. The predicted molar refractivity (Wildman–Crippen MR) is 57.4 cm³/mol. The highest BCUT2D eigenvalue weighted by Crippen LogP contribution is 2.31. The molecule has 0 saturated heterocycles. The van der Waals surface area contributed by atoms with Crippen LogP contribution in [0, 0.1) is 5.82 Å². The molecule has 1 atom stereocenters. The van der Waals surface area contributed by atoms with Crippen LogP contribution >= 0.6 is 24.0 Å². The van der Waals surface area contributed by atoms with Crippen LogP contribution in [-0.4, -0.2) is 5.11 Å². The fourth-order valence-electron chi connectivity index (χ4n) is 0.967. The van der Waals surface area contributed by atoms with Crippen molar-refractivity contribution in [2.75, 3.05) is 0 Å². The summed E-state index contributed by atoms with van der Waals surface area (Å²) in [5.74, 6) is -0.731. The van der Waals surface area contributed by atoms with Crippen molar-refractivity contribution in [3.8, 4) is 5.75 Å². The molecule has 1 rings (SSSR count). The molecule has 0 saturated carbocycles. The minimum atomic E-state index is -0.617. The Hall–Kier alpha value is -0.770. The summed E-state index contributed by atoms with van der Waals surface area (Å²) < 4.78 is 12.8. The summed E-state index contributed by atoms with van der Waals surface area (Å²) in [5.41, 5.74) is 5.77. The maximum Gasteiger partial charge on any atom is 0.139 e. The minimum Gasteiger partial charge on any atom is -0.506 e. The fourth-order valence-corrected chi connectivity index (χ4v) is 1.18. The number of phenolic OH excluding ortho intramolecular Hbond substituents is 1. The van der Waals surface area contributed by atoms with Crippen LogP contribution in [0.3, 0.4) is 0 Å². The predicted octanol–water partition coefficient (Wildman–Crippen LogP) is 2.79. The van der Waals surface area contributed by atoms with Crippen LogP contribution in [-0.2, 0) is 0 Å². The molecule has 3 N–H and O–H groups in total. The summed E-state index contributed by atoms with van der Waals surface area (Å²) in [6, 6.07) is 1.54. The number of aromatic hydroxyl groups is 1. The number of phenols is 1. The number of hydrogen-bond acceptors (Lipinski definition) is 2. The van der Waals surface area contributed by atoms with E-state index in [1.165, 1.54) is 6.08 Å². The number of benzene rings is 1. The molecule has 0 bridgehead atoms. The molecule has 14 heavy (non-hydrogen) atoms. The van der Waals surface area contributed by atoms with Crippen molar-refractivity contribution in [1.29, 1.82) is 0 Å². The second kappa shape index (κ2) is 5.20. The smallest absolute Gasteiger partial charge is 0.139 e. The molecule has 78 valence electrons. The summed E-state index contributed by atoms with van der Waals surface area (Å²) in [4.78, 5) is 0. The summed E-state index contributed by atoms with van der Waals surface area (Å²) in [5, 5.41) is 9.35. The summed E-state index contributed by atoms with van der Waals surface area (Å²) >= 11 is 5.54. The van der Waals surface area contributed by atoms with Crippen LogP contribution in [0.4, 0.5) is 4.39 Å². The minimum absolute atomic E-state index is 0. The second-order valence-electron chi connectivity index (χ2n) is 2.59. The third-order valence-electron chi connectivity index (χ3n) is 1.67. The first-order valence-electron chi connectivity index (χ1n) is 3.62. The average molecular weight is 238 g/mol. The van der Waals surface area contributed by atoms with Gasteiger partial charge in [-0.15, -0.1) is 19.0 Å². The van der Waals surface area contributed by atoms with E-state index in [4.69, 9.17) is 17.3 Å². The van der Waals surface area contributed by atoms with Crippen LogP contribution in [0.2, 0.25) is 5.02 Å². The van der Waals surface area contributed by atoms with Gasteiger partial charge in [0.05, 0.1) is 11.1 Å². The van der Waals surface area contributed by atoms with Gasteiger partial charge >= 0.3 is 0 Å². The standard InChI is InChI=1S/C9H9ClFNO.ClH/c1-2-8(12)6-3-5(11)4-7(10)9(6)13;/h2-4,8,13H,1,12H2;1H/t8-;/m1./s1. The number of hydrogen-bond donors (Lipinski definition) is 2. The number of rotatable bonds is 2. The first-order valence-corrected chi connectivity index (χ1v) is 4.00. The van der Waals surface area contributed by atoms with E-state index in [1.54, 1.807) is 0 Å². The molecule has 0 aliphatic heterocycles.